The van der Waals surface area contributed by atoms with E-state index in [4.69, 9.17) is 0 Å². The maximum absolute atomic E-state index is 11.2. The molecule has 1 fully saturated rings. The molecule has 0 unspecified atom stereocenters. The third-order valence-electron chi connectivity index (χ3n) is 4.12. The molecule has 1 aliphatic heterocycles. The van der Waals surface area contributed by atoms with Crippen molar-refractivity contribution in [3.8, 4) is 17.0 Å². The standard InChI is InChI=1S/C17H16N4O2S/c1-10(22)21-8-12(9-21)24-16-7-11-6-14(19-20-17(11)18-16)13-4-2-3-5-15(13)23/h2-7,12,23H,8-9H2,1H3,(H,18,20). The summed E-state index contributed by atoms with van der Waals surface area (Å²) in [7, 11) is 0. The molecular formula is C17H16N4O2S. The van der Waals surface area contributed by atoms with E-state index in [0.29, 0.717) is 16.5 Å². The predicted octanol–water partition coefficient (Wildman–Crippen LogP) is 2.65. The Hall–Kier alpha value is -2.54. The molecule has 1 aliphatic rings. The second-order valence-electron chi connectivity index (χ2n) is 5.85. The molecule has 2 N–H and O–H groups in total. The van der Waals surface area contributed by atoms with Gasteiger partial charge in [-0.2, -0.15) is 0 Å². The molecule has 0 atom stereocenters. The van der Waals surface area contributed by atoms with E-state index >= 15 is 0 Å². The van der Waals surface area contributed by atoms with Gasteiger partial charge < -0.3 is 15.0 Å². The van der Waals surface area contributed by atoms with Crippen LogP contribution < -0.4 is 0 Å². The minimum atomic E-state index is 0.127. The molecule has 4 rings (SSSR count). The van der Waals surface area contributed by atoms with Gasteiger partial charge in [-0.05, 0) is 24.3 Å². The van der Waals surface area contributed by atoms with Gasteiger partial charge in [-0.15, -0.1) is 22.0 Å². The van der Waals surface area contributed by atoms with Crippen LogP contribution in [0, 0.1) is 0 Å². The maximum atomic E-state index is 11.2. The highest BCUT2D eigenvalue weighted by Crippen LogP contribution is 2.33. The number of fused-ring (bicyclic) bond motifs is 1. The number of hydrogen-bond acceptors (Lipinski definition) is 5. The van der Waals surface area contributed by atoms with Crippen molar-refractivity contribution in [3.63, 3.8) is 0 Å². The second kappa shape index (κ2) is 5.83. The molecule has 24 heavy (non-hydrogen) atoms. The fourth-order valence-electron chi connectivity index (χ4n) is 2.74. The molecule has 1 aromatic carbocycles. The van der Waals surface area contributed by atoms with Crippen LogP contribution in [-0.2, 0) is 4.79 Å². The van der Waals surface area contributed by atoms with E-state index in [-0.39, 0.29) is 11.7 Å². The van der Waals surface area contributed by atoms with Gasteiger partial charge in [-0.1, -0.05) is 12.1 Å². The molecule has 122 valence electrons. The van der Waals surface area contributed by atoms with Gasteiger partial charge >= 0.3 is 0 Å². The van der Waals surface area contributed by atoms with Crippen molar-refractivity contribution in [1.29, 1.82) is 0 Å². The lowest BCUT2D eigenvalue weighted by Crippen LogP contribution is -2.51. The van der Waals surface area contributed by atoms with Crippen molar-refractivity contribution < 1.29 is 9.90 Å². The van der Waals surface area contributed by atoms with E-state index in [9.17, 15) is 9.90 Å². The zero-order valence-electron chi connectivity index (χ0n) is 13.1. The number of phenols is 1. The number of amides is 1. The van der Waals surface area contributed by atoms with Gasteiger partial charge in [0.2, 0.25) is 5.91 Å². The fourth-order valence-corrected chi connectivity index (χ4v) is 3.96. The quantitative estimate of drug-likeness (QED) is 0.766. The lowest BCUT2D eigenvalue weighted by Gasteiger charge is -2.37. The Morgan fingerprint density at radius 1 is 1.29 bits per heavy atom. The number of aromatic hydroxyl groups is 1. The first-order valence-corrected chi connectivity index (χ1v) is 8.55. The number of hydrogen-bond donors (Lipinski definition) is 2. The summed E-state index contributed by atoms with van der Waals surface area (Å²) in [5.74, 6) is 0.316. The minimum absolute atomic E-state index is 0.127. The Kier molecular flexibility index (Phi) is 3.65. The second-order valence-corrected chi connectivity index (χ2v) is 7.19. The van der Waals surface area contributed by atoms with E-state index in [1.165, 1.54) is 0 Å². The molecule has 0 bridgehead atoms. The van der Waals surface area contributed by atoms with Gasteiger partial charge in [0.1, 0.15) is 5.75 Å². The Bertz CT molecular complexity index is 918. The normalized spacial score (nSPS) is 14.8. The topological polar surface area (TPSA) is 82.1 Å². The van der Waals surface area contributed by atoms with Crippen molar-refractivity contribution in [2.75, 3.05) is 13.1 Å². The van der Waals surface area contributed by atoms with Crippen LogP contribution in [0.5, 0.6) is 5.75 Å². The number of rotatable bonds is 3. The van der Waals surface area contributed by atoms with E-state index in [2.05, 4.69) is 15.2 Å². The van der Waals surface area contributed by atoms with E-state index in [1.807, 2.05) is 29.2 Å². The molecule has 1 amide bonds. The average Bonchev–Trinajstić information content (AvgIpc) is 2.92. The molecule has 0 aliphatic carbocycles. The molecule has 3 aromatic rings. The maximum Gasteiger partial charge on any atom is 0.219 e. The molecule has 2 aromatic heterocycles. The first-order chi connectivity index (χ1) is 11.6. The molecule has 0 spiro atoms. The van der Waals surface area contributed by atoms with Crippen LogP contribution in [0.4, 0.5) is 0 Å². The van der Waals surface area contributed by atoms with Crippen LogP contribution in [0.2, 0.25) is 0 Å². The number of para-hydroxylation sites is 1. The first kappa shape index (κ1) is 15.0. The molecule has 1 saturated heterocycles. The Morgan fingerprint density at radius 2 is 2.08 bits per heavy atom. The number of aromatic amines is 1. The van der Waals surface area contributed by atoms with Gasteiger partial charge in [0.25, 0.3) is 0 Å². The van der Waals surface area contributed by atoms with Gasteiger partial charge in [0.15, 0.2) is 5.65 Å². The zero-order chi connectivity index (χ0) is 16.7. The fraction of sp³-hybridized carbons (Fsp3) is 0.235. The minimum Gasteiger partial charge on any atom is -0.507 e. The van der Waals surface area contributed by atoms with Gasteiger partial charge in [0.05, 0.1) is 10.7 Å². The third kappa shape index (κ3) is 2.71. The summed E-state index contributed by atoms with van der Waals surface area (Å²) in [4.78, 5) is 16.3. The summed E-state index contributed by atoms with van der Waals surface area (Å²) >= 11 is 1.72. The number of benzene rings is 1. The van der Waals surface area contributed by atoms with Crippen molar-refractivity contribution in [2.45, 2.75) is 17.2 Å². The number of phenolic OH excluding ortho intramolecular Hbond substituents is 1. The Morgan fingerprint density at radius 3 is 2.83 bits per heavy atom. The molecule has 0 saturated carbocycles. The van der Waals surface area contributed by atoms with Gasteiger partial charge in [0, 0.05) is 36.2 Å². The lowest BCUT2D eigenvalue weighted by molar-refractivity contribution is -0.131. The Labute approximate surface area is 142 Å². The number of nitrogens with one attached hydrogen (secondary N) is 1. The zero-order valence-corrected chi connectivity index (χ0v) is 13.9. The third-order valence-corrected chi connectivity index (χ3v) is 5.22. The van der Waals surface area contributed by atoms with Crippen molar-refractivity contribution in [3.05, 3.63) is 36.4 Å². The summed E-state index contributed by atoms with van der Waals surface area (Å²) in [6.45, 7) is 3.16. The number of nitrogens with zero attached hydrogens (tertiary/aromatic N) is 3. The SMILES string of the molecule is CC(=O)N1CC(Sc2cc3cc(-c4ccccc4O)nnc3[nH]2)C1. The van der Waals surface area contributed by atoms with Crippen LogP contribution in [0.1, 0.15) is 6.92 Å². The number of carbonyl (C=O) groups excluding carboxylic acids is 1. The summed E-state index contributed by atoms with van der Waals surface area (Å²) in [6.07, 6.45) is 0. The predicted molar refractivity (Wildman–Crippen MR) is 92.9 cm³/mol. The van der Waals surface area contributed by atoms with Crippen LogP contribution in [-0.4, -0.2) is 49.4 Å². The number of thioether (sulfide) groups is 1. The largest absolute Gasteiger partial charge is 0.507 e. The lowest BCUT2D eigenvalue weighted by atomic mass is 10.1. The highest BCUT2D eigenvalue weighted by molar-refractivity contribution is 8.00. The van der Waals surface area contributed by atoms with Crippen molar-refractivity contribution in [2.24, 2.45) is 0 Å². The van der Waals surface area contributed by atoms with Crippen molar-refractivity contribution in [1.82, 2.24) is 20.1 Å². The molecule has 6 nitrogen and oxygen atoms in total. The number of likely N-dealkylation sites (tertiary alicyclic amines) is 1. The number of H-pyrrole nitrogens is 1. The summed E-state index contributed by atoms with van der Waals surface area (Å²) < 4.78 is 0. The average molecular weight is 340 g/mol. The van der Waals surface area contributed by atoms with Gasteiger partial charge in [-0.3, -0.25) is 4.79 Å². The smallest absolute Gasteiger partial charge is 0.219 e. The highest BCUT2D eigenvalue weighted by atomic mass is 32.2. The highest BCUT2D eigenvalue weighted by Gasteiger charge is 2.29. The molecule has 7 heteroatoms. The van der Waals surface area contributed by atoms with Crippen LogP contribution in [0.15, 0.2) is 41.4 Å². The van der Waals surface area contributed by atoms with Gasteiger partial charge in [-0.25, -0.2) is 0 Å². The molecular weight excluding hydrogens is 324 g/mol. The first-order valence-electron chi connectivity index (χ1n) is 7.67. The summed E-state index contributed by atoms with van der Waals surface area (Å²) in [5, 5.41) is 20.8. The molecule has 0 radical (unpaired) electrons. The molecule has 3 heterocycles. The van der Waals surface area contributed by atoms with Crippen molar-refractivity contribution >= 4 is 28.7 Å². The van der Waals surface area contributed by atoms with Crippen LogP contribution in [0.25, 0.3) is 22.3 Å². The monoisotopic (exact) mass is 340 g/mol. The number of carbonyl (C=O) groups is 1. The van der Waals surface area contributed by atoms with E-state index < -0.39 is 0 Å². The van der Waals surface area contributed by atoms with Crippen LogP contribution >= 0.6 is 11.8 Å². The van der Waals surface area contributed by atoms with E-state index in [1.54, 1.807) is 30.8 Å². The Balaban J connectivity index is 1.56. The number of aromatic nitrogens is 3. The summed E-state index contributed by atoms with van der Waals surface area (Å²) in [5.41, 5.74) is 2.03. The van der Waals surface area contributed by atoms with Crippen LogP contribution in [0.3, 0.4) is 0 Å². The van der Waals surface area contributed by atoms with E-state index in [0.717, 1.165) is 29.1 Å². The summed E-state index contributed by atoms with van der Waals surface area (Å²) in [6, 6.07) is 11.0.